The van der Waals surface area contributed by atoms with Gasteiger partial charge in [0.15, 0.2) is 0 Å². The van der Waals surface area contributed by atoms with Gasteiger partial charge in [-0.25, -0.2) is 4.39 Å². The van der Waals surface area contributed by atoms with Gasteiger partial charge < -0.3 is 5.32 Å². The minimum absolute atomic E-state index is 0.233. The molecule has 3 aromatic carbocycles. The number of nitrogens with one attached hydrogen (secondary N) is 1. The normalized spacial score (nSPS) is 17.9. The zero-order chi connectivity index (χ0) is 21.3. The first kappa shape index (κ1) is 20.4. The van der Waals surface area contributed by atoms with E-state index in [0.717, 1.165) is 5.56 Å². The molecule has 0 saturated carbocycles. The summed E-state index contributed by atoms with van der Waals surface area (Å²) in [4.78, 5) is 27.2. The molecule has 152 valence electrons. The van der Waals surface area contributed by atoms with Gasteiger partial charge in [0.25, 0.3) is 11.8 Å². The van der Waals surface area contributed by atoms with Crippen molar-refractivity contribution < 1.29 is 14.0 Å². The van der Waals surface area contributed by atoms with Crippen LogP contribution in [0.15, 0.2) is 72.8 Å². The molecule has 1 heterocycles. The molecular weight excluding hydrogens is 426 g/mol. The van der Waals surface area contributed by atoms with E-state index in [1.54, 1.807) is 42.5 Å². The maximum atomic E-state index is 13.3. The molecule has 3 aromatic rings. The molecular formula is C23H17Cl2FN2O2. The molecule has 0 fully saturated rings. The zero-order valence-electron chi connectivity index (χ0n) is 15.7. The lowest BCUT2D eigenvalue weighted by Crippen LogP contribution is -2.45. The summed E-state index contributed by atoms with van der Waals surface area (Å²) in [5, 5.41) is 3.43. The Morgan fingerprint density at radius 3 is 2.37 bits per heavy atom. The van der Waals surface area contributed by atoms with Gasteiger partial charge in [-0.1, -0.05) is 47.5 Å². The van der Waals surface area contributed by atoms with Crippen molar-refractivity contribution in [2.24, 2.45) is 0 Å². The van der Waals surface area contributed by atoms with E-state index in [4.69, 9.17) is 23.2 Å². The van der Waals surface area contributed by atoms with E-state index in [-0.39, 0.29) is 11.8 Å². The number of hydrogen-bond acceptors (Lipinski definition) is 2. The summed E-state index contributed by atoms with van der Waals surface area (Å²) < 4.78 is 13.3. The van der Waals surface area contributed by atoms with Crippen LogP contribution >= 0.6 is 23.2 Å². The predicted molar refractivity (Wildman–Crippen MR) is 116 cm³/mol. The molecule has 0 aliphatic carbocycles. The molecule has 2 amide bonds. The number of alkyl halides is 1. The Morgan fingerprint density at radius 1 is 0.967 bits per heavy atom. The quantitative estimate of drug-likeness (QED) is 0.425. The summed E-state index contributed by atoms with van der Waals surface area (Å²) in [5.41, 5.74) is 1.36. The van der Waals surface area contributed by atoms with Crippen molar-refractivity contribution in [2.45, 2.75) is 18.0 Å². The van der Waals surface area contributed by atoms with E-state index in [1.807, 2.05) is 6.07 Å². The second-order valence-corrected chi connectivity index (χ2v) is 7.89. The summed E-state index contributed by atoms with van der Waals surface area (Å²) in [6, 6.07) is 18.9. The zero-order valence-corrected chi connectivity index (χ0v) is 17.2. The van der Waals surface area contributed by atoms with Crippen LogP contribution in [0.2, 0.25) is 5.02 Å². The maximum absolute atomic E-state index is 13.3. The standard InChI is InChI=1S/C23H17Cl2FN2O2/c24-16-8-11-18-19(27-22(29)14-4-2-1-3-5-14)13-21(25)28(20(18)12-16)23(30)15-6-9-17(26)10-7-15/h1-12,19,21H,13H2,(H,27,29). The lowest BCUT2D eigenvalue weighted by Gasteiger charge is -2.38. The lowest BCUT2D eigenvalue weighted by molar-refractivity contribution is 0.0932. The smallest absolute Gasteiger partial charge is 0.259 e. The average molecular weight is 443 g/mol. The molecule has 2 atom stereocenters. The predicted octanol–water partition coefficient (Wildman–Crippen LogP) is 5.57. The Kier molecular flexibility index (Phi) is 5.75. The van der Waals surface area contributed by atoms with Gasteiger partial charge in [0.1, 0.15) is 11.3 Å². The molecule has 0 saturated heterocycles. The summed E-state index contributed by atoms with van der Waals surface area (Å²) in [7, 11) is 0. The van der Waals surface area contributed by atoms with E-state index in [1.165, 1.54) is 29.2 Å². The summed E-state index contributed by atoms with van der Waals surface area (Å²) in [5.74, 6) is -1.03. The number of carbonyl (C=O) groups excluding carboxylic acids is 2. The first-order valence-electron chi connectivity index (χ1n) is 9.32. The largest absolute Gasteiger partial charge is 0.345 e. The Morgan fingerprint density at radius 2 is 1.67 bits per heavy atom. The van der Waals surface area contributed by atoms with Crippen LogP contribution in [0.4, 0.5) is 10.1 Å². The van der Waals surface area contributed by atoms with Gasteiger partial charge in [0.2, 0.25) is 0 Å². The topological polar surface area (TPSA) is 49.4 Å². The second-order valence-electron chi connectivity index (χ2n) is 6.95. The number of benzene rings is 3. The van der Waals surface area contributed by atoms with Crippen LogP contribution in [0.1, 0.15) is 38.7 Å². The van der Waals surface area contributed by atoms with Crippen molar-refractivity contribution in [3.8, 4) is 0 Å². The van der Waals surface area contributed by atoms with Crippen molar-refractivity contribution in [1.29, 1.82) is 0 Å². The van der Waals surface area contributed by atoms with Gasteiger partial charge >= 0.3 is 0 Å². The van der Waals surface area contributed by atoms with Crippen molar-refractivity contribution in [3.05, 3.63) is 100 Å². The molecule has 7 heteroatoms. The third-order valence-corrected chi connectivity index (χ3v) is 5.60. The van der Waals surface area contributed by atoms with Crippen LogP contribution in [0, 0.1) is 5.82 Å². The fourth-order valence-corrected chi connectivity index (χ4v) is 4.07. The second kappa shape index (κ2) is 8.46. The van der Waals surface area contributed by atoms with E-state index in [2.05, 4.69) is 5.32 Å². The molecule has 0 spiro atoms. The number of hydrogen-bond donors (Lipinski definition) is 1. The van der Waals surface area contributed by atoms with Gasteiger partial charge in [-0.05, 0) is 54.1 Å². The van der Waals surface area contributed by atoms with Crippen LogP contribution in [0.25, 0.3) is 0 Å². The summed E-state index contributed by atoms with van der Waals surface area (Å²) in [6.07, 6.45) is 0.307. The van der Waals surface area contributed by atoms with E-state index < -0.39 is 17.4 Å². The summed E-state index contributed by atoms with van der Waals surface area (Å²) >= 11 is 12.8. The van der Waals surface area contributed by atoms with Crippen molar-refractivity contribution in [3.63, 3.8) is 0 Å². The Balaban J connectivity index is 1.68. The Hall–Kier alpha value is -2.89. The summed E-state index contributed by atoms with van der Waals surface area (Å²) in [6.45, 7) is 0. The SMILES string of the molecule is O=C(NC1CC(Cl)N(C(=O)c2ccc(F)cc2)c2cc(Cl)ccc21)c1ccccc1. The van der Waals surface area contributed by atoms with Crippen LogP contribution in [-0.4, -0.2) is 17.3 Å². The van der Waals surface area contributed by atoms with Crippen LogP contribution in [0.3, 0.4) is 0 Å². The number of anilines is 1. The van der Waals surface area contributed by atoms with Gasteiger partial charge in [0, 0.05) is 22.6 Å². The minimum Gasteiger partial charge on any atom is -0.345 e. The molecule has 1 aliphatic heterocycles. The van der Waals surface area contributed by atoms with Gasteiger partial charge in [0.05, 0.1) is 11.7 Å². The number of halogens is 3. The highest BCUT2D eigenvalue weighted by atomic mass is 35.5. The third-order valence-electron chi connectivity index (χ3n) is 4.99. The maximum Gasteiger partial charge on any atom is 0.259 e. The fourth-order valence-electron chi connectivity index (χ4n) is 3.53. The van der Waals surface area contributed by atoms with Gasteiger partial charge in [-0.2, -0.15) is 0 Å². The highest BCUT2D eigenvalue weighted by molar-refractivity contribution is 6.31. The van der Waals surface area contributed by atoms with Crippen molar-refractivity contribution >= 4 is 40.7 Å². The first-order valence-corrected chi connectivity index (χ1v) is 10.1. The number of nitrogens with zero attached hydrogens (tertiary/aromatic N) is 1. The molecule has 4 rings (SSSR count). The monoisotopic (exact) mass is 442 g/mol. The highest BCUT2D eigenvalue weighted by Gasteiger charge is 2.36. The number of fused-ring (bicyclic) bond motifs is 1. The molecule has 0 bridgehead atoms. The Bertz CT molecular complexity index is 1090. The molecule has 30 heavy (non-hydrogen) atoms. The molecule has 1 aliphatic rings. The van der Waals surface area contributed by atoms with E-state index in [0.29, 0.717) is 28.3 Å². The molecule has 0 radical (unpaired) electrons. The average Bonchev–Trinajstić information content (AvgIpc) is 2.74. The van der Waals surface area contributed by atoms with Crippen LogP contribution in [0.5, 0.6) is 0 Å². The fraction of sp³-hybridized carbons (Fsp3) is 0.130. The minimum atomic E-state index is -0.727. The lowest BCUT2D eigenvalue weighted by atomic mass is 9.95. The molecule has 2 unspecified atom stereocenters. The third kappa shape index (κ3) is 4.04. The van der Waals surface area contributed by atoms with Crippen LogP contribution < -0.4 is 10.2 Å². The van der Waals surface area contributed by atoms with Crippen LogP contribution in [-0.2, 0) is 0 Å². The first-order chi connectivity index (χ1) is 14.4. The highest BCUT2D eigenvalue weighted by Crippen LogP contribution is 2.41. The Labute approximate surface area is 183 Å². The number of rotatable bonds is 3. The van der Waals surface area contributed by atoms with Crippen molar-refractivity contribution in [2.75, 3.05) is 4.90 Å². The molecule has 0 aromatic heterocycles. The van der Waals surface area contributed by atoms with Gasteiger partial charge in [-0.15, -0.1) is 0 Å². The number of carbonyl (C=O) groups is 2. The van der Waals surface area contributed by atoms with Gasteiger partial charge in [-0.3, -0.25) is 14.5 Å². The number of amides is 2. The van der Waals surface area contributed by atoms with E-state index in [9.17, 15) is 14.0 Å². The van der Waals surface area contributed by atoms with Crippen molar-refractivity contribution in [1.82, 2.24) is 5.32 Å². The van der Waals surface area contributed by atoms with E-state index >= 15 is 0 Å². The molecule has 4 nitrogen and oxygen atoms in total. The molecule has 1 N–H and O–H groups in total.